The molecule has 1 saturated heterocycles. The summed E-state index contributed by atoms with van der Waals surface area (Å²) >= 11 is 5.10. The molecule has 23 heavy (non-hydrogen) atoms. The summed E-state index contributed by atoms with van der Waals surface area (Å²) in [5.74, 6) is 0.153. The first kappa shape index (κ1) is 16.5. The minimum absolute atomic E-state index is 0.153. The van der Waals surface area contributed by atoms with Gasteiger partial charge in [0, 0.05) is 41.6 Å². The molecule has 0 bridgehead atoms. The predicted molar refractivity (Wildman–Crippen MR) is 98.0 cm³/mol. The lowest BCUT2D eigenvalue weighted by atomic mass is 10.0. The van der Waals surface area contributed by atoms with Gasteiger partial charge in [0.15, 0.2) is 5.13 Å². The topological polar surface area (TPSA) is 45.2 Å². The van der Waals surface area contributed by atoms with E-state index in [0.717, 1.165) is 42.0 Å². The number of anilines is 1. The van der Waals surface area contributed by atoms with E-state index in [0.29, 0.717) is 12.5 Å². The number of carbonyl (C=O) groups excluding carboxylic acids is 1. The number of benzene rings is 1. The van der Waals surface area contributed by atoms with Crippen molar-refractivity contribution in [3.8, 4) is 0 Å². The molecule has 2 aromatic rings. The van der Waals surface area contributed by atoms with Crippen LogP contribution < -0.4 is 10.2 Å². The Labute approximate surface area is 149 Å². The van der Waals surface area contributed by atoms with Crippen LogP contribution in [0.2, 0.25) is 0 Å². The molecule has 0 atom stereocenters. The quantitative estimate of drug-likeness (QED) is 0.843. The lowest BCUT2D eigenvalue weighted by Crippen LogP contribution is -2.44. The van der Waals surface area contributed by atoms with Gasteiger partial charge in [-0.3, -0.25) is 4.79 Å². The molecule has 0 unspecified atom stereocenters. The first-order chi connectivity index (χ1) is 11.2. The standard InChI is InChI=1S/C17H20BrN3OS/c18-14-4-1-13(2-5-14)3-6-16(22)20-15-7-10-21(11-8-15)17-19-9-12-23-17/h1-2,4-5,9,12,15H,3,6-8,10-11H2,(H,20,22). The maximum absolute atomic E-state index is 12.1. The molecule has 1 N–H and O–H groups in total. The van der Waals surface area contributed by atoms with Crippen molar-refractivity contribution in [2.75, 3.05) is 18.0 Å². The molecule has 122 valence electrons. The monoisotopic (exact) mass is 393 g/mol. The number of nitrogens with zero attached hydrogens (tertiary/aromatic N) is 2. The molecule has 0 radical (unpaired) electrons. The highest BCUT2D eigenvalue weighted by molar-refractivity contribution is 9.10. The number of aromatic nitrogens is 1. The van der Waals surface area contributed by atoms with Crippen molar-refractivity contribution in [1.82, 2.24) is 10.3 Å². The highest BCUT2D eigenvalue weighted by Crippen LogP contribution is 2.22. The third kappa shape index (κ3) is 4.78. The first-order valence-electron chi connectivity index (χ1n) is 7.89. The van der Waals surface area contributed by atoms with Crippen LogP contribution in [-0.2, 0) is 11.2 Å². The van der Waals surface area contributed by atoms with Crippen LogP contribution >= 0.6 is 27.3 Å². The van der Waals surface area contributed by atoms with Gasteiger partial charge in [-0.1, -0.05) is 28.1 Å². The van der Waals surface area contributed by atoms with Gasteiger partial charge in [0.05, 0.1) is 0 Å². The molecular weight excluding hydrogens is 374 g/mol. The summed E-state index contributed by atoms with van der Waals surface area (Å²) in [6.45, 7) is 1.93. The fourth-order valence-electron chi connectivity index (χ4n) is 2.80. The lowest BCUT2D eigenvalue weighted by Gasteiger charge is -2.32. The second-order valence-corrected chi connectivity index (χ2v) is 7.56. The van der Waals surface area contributed by atoms with Crippen molar-refractivity contribution in [2.45, 2.75) is 31.7 Å². The minimum Gasteiger partial charge on any atom is -0.353 e. The number of carbonyl (C=O) groups is 1. The summed E-state index contributed by atoms with van der Waals surface area (Å²) in [5, 5.41) is 6.27. The number of hydrogen-bond acceptors (Lipinski definition) is 4. The number of hydrogen-bond donors (Lipinski definition) is 1. The number of thiazole rings is 1. The molecule has 0 spiro atoms. The van der Waals surface area contributed by atoms with Gasteiger partial charge in [-0.15, -0.1) is 11.3 Å². The van der Waals surface area contributed by atoms with E-state index in [-0.39, 0.29) is 5.91 Å². The number of halogens is 1. The Morgan fingerprint density at radius 2 is 2.04 bits per heavy atom. The minimum atomic E-state index is 0.153. The number of aryl methyl sites for hydroxylation is 1. The summed E-state index contributed by atoms with van der Waals surface area (Å²) in [4.78, 5) is 18.8. The molecule has 0 aliphatic carbocycles. The predicted octanol–water partition coefficient (Wildman–Crippen LogP) is 3.62. The van der Waals surface area contributed by atoms with Gasteiger partial charge in [-0.25, -0.2) is 4.98 Å². The highest BCUT2D eigenvalue weighted by atomic mass is 79.9. The number of piperidine rings is 1. The molecule has 1 aliphatic heterocycles. The van der Waals surface area contributed by atoms with Crippen molar-refractivity contribution in [2.24, 2.45) is 0 Å². The van der Waals surface area contributed by atoms with Crippen LogP contribution in [0.5, 0.6) is 0 Å². The van der Waals surface area contributed by atoms with E-state index in [2.05, 4.69) is 43.3 Å². The molecule has 1 aromatic carbocycles. The number of amides is 1. The van der Waals surface area contributed by atoms with Crippen LogP contribution in [0.15, 0.2) is 40.3 Å². The van der Waals surface area contributed by atoms with E-state index in [4.69, 9.17) is 0 Å². The Balaban J connectivity index is 1.40. The van der Waals surface area contributed by atoms with Crippen LogP contribution in [0.1, 0.15) is 24.8 Å². The molecule has 1 fully saturated rings. The van der Waals surface area contributed by atoms with Gasteiger partial charge in [0.25, 0.3) is 0 Å². The average Bonchev–Trinajstić information content (AvgIpc) is 3.09. The molecule has 3 rings (SSSR count). The average molecular weight is 394 g/mol. The van der Waals surface area contributed by atoms with E-state index in [1.54, 1.807) is 11.3 Å². The molecule has 4 nitrogen and oxygen atoms in total. The fourth-order valence-corrected chi connectivity index (χ4v) is 3.76. The SMILES string of the molecule is O=C(CCc1ccc(Br)cc1)NC1CCN(c2nccs2)CC1. The van der Waals surface area contributed by atoms with E-state index in [1.165, 1.54) is 5.56 Å². The molecule has 0 saturated carbocycles. The highest BCUT2D eigenvalue weighted by Gasteiger charge is 2.21. The van der Waals surface area contributed by atoms with Crippen molar-refractivity contribution in [1.29, 1.82) is 0 Å². The summed E-state index contributed by atoms with van der Waals surface area (Å²) in [6.07, 6.45) is 5.16. The van der Waals surface area contributed by atoms with E-state index < -0.39 is 0 Å². The zero-order valence-corrected chi connectivity index (χ0v) is 15.3. The summed E-state index contributed by atoms with van der Waals surface area (Å²) in [7, 11) is 0. The molecular formula is C17H20BrN3OS. The Kier molecular flexibility index (Phi) is 5.67. The van der Waals surface area contributed by atoms with Gasteiger partial charge >= 0.3 is 0 Å². The molecule has 1 amide bonds. The maximum atomic E-state index is 12.1. The van der Waals surface area contributed by atoms with E-state index in [9.17, 15) is 4.79 Å². The third-order valence-electron chi connectivity index (χ3n) is 4.10. The fraction of sp³-hybridized carbons (Fsp3) is 0.412. The van der Waals surface area contributed by atoms with Crippen molar-refractivity contribution in [3.63, 3.8) is 0 Å². The van der Waals surface area contributed by atoms with Gasteiger partial charge in [-0.05, 0) is 37.0 Å². The Morgan fingerprint density at radius 3 is 2.70 bits per heavy atom. The second kappa shape index (κ2) is 7.93. The third-order valence-corrected chi connectivity index (χ3v) is 5.46. The maximum Gasteiger partial charge on any atom is 0.220 e. The van der Waals surface area contributed by atoms with Crippen molar-refractivity contribution in [3.05, 3.63) is 45.9 Å². The van der Waals surface area contributed by atoms with Crippen LogP contribution in [-0.4, -0.2) is 30.0 Å². The first-order valence-corrected chi connectivity index (χ1v) is 9.56. The number of rotatable bonds is 5. The van der Waals surface area contributed by atoms with Gasteiger partial charge in [0.2, 0.25) is 5.91 Å². The van der Waals surface area contributed by atoms with Crippen LogP contribution in [0, 0.1) is 0 Å². The Morgan fingerprint density at radius 1 is 1.30 bits per heavy atom. The second-order valence-electron chi connectivity index (χ2n) is 5.77. The van der Waals surface area contributed by atoms with Gasteiger partial charge in [-0.2, -0.15) is 0 Å². The Hall–Kier alpha value is -1.40. The largest absolute Gasteiger partial charge is 0.353 e. The molecule has 2 heterocycles. The van der Waals surface area contributed by atoms with E-state index in [1.807, 2.05) is 23.7 Å². The lowest BCUT2D eigenvalue weighted by molar-refractivity contribution is -0.121. The molecule has 1 aliphatic rings. The molecule has 6 heteroatoms. The van der Waals surface area contributed by atoms with Crippen LogP contribution in [0.4, 0.5) is 5.13 Å². The molecule has 1 aromatic heterocycles. The Bertz CT molecular complexity index is 622. The number of nitrogens with one attached hydrogen (secondary N) is 1. The summed E-state index contributed by atoms with van der Waals surface area (Å²) < 4.78 is 1.07. The smallest absolute Gasteiger partial charge is 0.220 e. The van der Waals surface area contributed by atoms with E-state index >= 15 is 0 Å². The van der Waals surface area contributed by atoms with Crippen LogP contribution in [0.3, 0.4) is 0 Å². The van der Waals surface area contributed by atoms with Gasteiger partial charge in [0.1, 0.15) is 0 Å². The normalized spacial score (nSPS) is 15.6. The van der Waals surface area contributed by atoms with Gasteiger partial charge < -0.3 is 10.2 Å². The van der Waals surface area contributed by atoms with Crippen LogP contribution in [0.25, 0.3) is 0 Å². The summed E-state index contributed by atoms with van der Waals surface area (Å²) in [5.41, 5.74) is 1.20. The van der Waals surface area contributed by atoms with Crippen molar-refractivity contribution >= 4 is 38.3 Å². The summed E-state index contributed by atoms with van der Waals surface area (Å²) in [6, 6.07) is 8.44. The van der Waals surface area contributed by atoms with Crippen molar-refractivity contribution < 1.29 is 4.79 Å². The zero-order chi connectivity index (χ0) is 16.1. The zero-order valence-electron chi connectivity index (χ0n) is 12.9.